The SMILES string of the molecule is CC(CN)C(=O)Nc1ccc(-c2nnc3n2CCCCC3)cc1.Cl. The lowest BCUT2D eigenvalue weighted by atomic mass is 10.1. The minimum atomic E-state index is -0.193. The van der Waals surface area contributed by atoms with E-state index < -0.39 is 0 Å². The zero-order chi connectivity index (χ0) is 16.2. The fourth-order valence-corrected chi connectivity index (χ4v) is 2.77. The first-order valence-electron chi connectivity index (χ1n) is 8.22. The van der Waals surface area contributed by atoms with E-state index in [9.17, 15) is 4.79 Å². The molecule has 1 aromatic carbocycles. The summed E-state index contributed by atoms with van der Waals surface area (Å²) < 4.78 is 2.22. The summed E-state index contributed by atoms with van der Waals surface area (Å²) in [5.41, 5.74) is 7.31. The summed E-state index contributed by atoms with van der Waals surface area (Å²) in [6.45, 7) is 3.13. The van der Waals surface area contributed by atoms with Crippen molar-refractivity contribution < 1.29 is 4.79 Å². The number of nitrogens with one attached hydrogen (secondary N) is 1. The van der Waals surface area contributed by atoms with Gasteiger partial charge in [-0.1, -0.05) is 13.3 Å². The van der Waals surface area contributed by atoms with Crippen molar-refractivity contribution in [3.63, 3.8) is 0 Å². The van der Waals surface area contributed by atoms with Gasteiger partial charge in [-0.05, 0) is 37.1 Å². The van der Waals surface area contributed by atoms with Crippen molar-refractivity contribution in [3.05, 3.63) is 30.1 Å². The van der Waals surface area contributed by atoms with E-state index >= 15 is 0 Å². The van der Waals surface area contributed by atoms with Gasteiger partial charge in [-0.25, -0.2) is 0 Å². The Hall–Kier alpha value is -1.92. The predicted octanol–water partition coefficient (Wildman–Crippen LogP) is 2.63. The van der Waals surface area contributed by atoms with Gasteiger partial charge in [0.1, 0.15) is 5.82 Å². The predicted molar refractivity (Wildman–Crippen MR) is 97.1 cm³/mol. The zero-order valence-electron chi connectivity index (χ0n) is 13.9. The number of anilines is 1. The molecule has 0 aliphatic carbocycles. The average molecular weight is 350 g/mol. The third-order valence-electron chi connectivity index (χ3n) is 4.32. The molecule has 3 N–H and O–H groups in total. The van der Waals surface area contributed by atoms with Crippen LogP contribution in [0.4, 0.5) is 5.69 Å². The molecule has 0 radical (unpaired) electrons. The van der Waals surface area contributed by atoms with Crippen molar-refractivity contribution in [3.8, 4) is 11.4 Å². The molecule has 6 nitrogen and oxygen atoms in total. The van der Waals surface area contributed by atoms with Crippen molar-refractivity contribution in [2.75, 3.05) is 11.9 Å². The van der Waals surface area contributed by atoms with Crippen molar-refractivity contribution in [2.24, 2.45) is 11.7 Å². The Morgan fingerprint density at radius 2 is 2.00 bits per heavy atom. The van der Waals surface area contributed by atoms with Crippen LogP contribution in [0.1, 0.15) is 32.0 Å². The fourth-order valence-electron chi connectivity index (χ4n) is 2.77. The summed E-state index contributed by atoms with van der Waals surface area (Å²) in [4.78, 5) is 11.9. The Bertz CT molecular complexity index is 683. The van der Waals surface area contributed by atoms with E-state index in [0.717, 1.165) is 35.9 Å². The standard InChI is InChI=1S/C17H23N5O.ClH/c1-12(11-18)17(23)19-14-8-6-13(7-9-14)16-21-20-15-5-3-2-4-10-22(15)16;/h6-9,12H,2-5,10-11,18H2,1H3,(H,19,23);1H. The van der Waals surface area contributed by atoms with E-state index in [-0.39, 0.29) is 24.2 Å². The van der Waals surface area contributed by atoms with E-state index in [2.05, 4.69) is 20.1 Å². The quantitative estimate of drug-likeness (QED) is 0.888. The van der Waals surface area contributed by atoms with Crippen LogP contribution < -0.4 is 11.1 Å². The molecule has 7 heteroatoms. The molecule has 0 fully saturated rings. The number of rotatable bonds is 4. The van der Waals surface area contributed by atoms with Crippen LogP contribution in [0.3, 0.4) is 0 Å². The maximum atomic E-state index is 11.9. The maximum absolute atomic E-state index is 11.9. The molecule has 1 atom stereocenters. The van der Waals surface area contributed by atoms with Crippen LogP contribution >= 0.6 is 12.4 Å². The van der Waals surface area contributed by atoms with E-state index in [1.165, 1.54) is 19.3 Å². The molecule has 1 aliphatic heterocycles. The first-order chi connectivity index (χ1) is 11.2. The van der Waals surface area contributed by atoms with E-state index in [1.54, 1.807) is 0 Å². The Morgan fingerprint density at radius 3 is 2.71 bits per heavy atom. The molecule has 1 unspecified atom stereocenters. The fraction of sp³-hybridized carbons (Fsp3) is 0.471. The minimum Gasteiger partial charge on any atom is -0.330 e. The summed E-state index contributed by atoms with van der Waals surface area (Å²) in [7, 11) is 0. The van der Waals surface area contributed by atoms with Gasteiger partial charge in [-0.15, -0.1) is 22.6 Å². The summed E-state index contributed by atoms with van der Waals surface area (Å²) in [5.74, 6) is 1.74. The van der Waals surface area contributed by atoms with Gasteiger partial charge in [0, 0.05) is 36.7 Å². The lowest BCUT2D eigenvalue weighted by Crippen LogP contribution is -2.26. The summed E-state index contributed by atoms with van der Waals surface area (Å²) in [5, 5.41) is 11.6. The molecular formula is C17H24ClN5O. The number of fused-ring (bicyclic) bond motifs is 1. The van der Waals surface area contributed by atoms with E-state index in [0.29, 0.717) is 6.54 Å². The van der Waals surface area contributed by atoms with Crippen LogP contribution in [0.25, 0.3) is 11.4 Å². The number of nitrogens with two attached hydrogens (primary N) is 1. The molecule has 130 valence electrons. The normalized spacial score (nSPS) is 14.9. The Morgan fingerprint density at radius 1 is 1.25 bits per heavy atom. The van der Waals surface area contributed by atoms with E-state index in [4.69, 9.17) is 5.73 Å². The van der Waals surface area contributed by atoms with Crippen LogP contribution in [-0.2, 0) is 17.8 Å². The molecule has 1 amide bonds. The maximum Gasteiger partial charge on any atom is 0.228 e. The highest BCUT2D eigenvalue weighted by atomic mass is 35.5. The molecule has 24 heavy (non-hydrogen) atoms. The molecule has 2 heterocycles. The molecule has 2 aromatic rings. The van der Waals surface area contributed by atoms with Crippen molar-refractivity contribution in [2.45, 2.75) is 39.2 Å². The molecule has 3 rings (SSSR count). The topological polar surface area (TPSA) is 85.8 Å². The number of carbonyl (C=O) groups excluding carboxylic acids is 1. The number of hydrogen-bond donors (Lipinski definition) is 2. The molecular weight excluding hydrogens is 326 g/mol. The molecule has 1 aromatic heterocycles. The third kappa shape index (κ3) is 3.94. The van der Waals surface area contributed by atoms with Crippen molar-refractivity contribution in [1.82, 2.24) is 14.8 Å². The van der Waals surface area contributed by atoms with Crippen molar-refractivity contribution >= 4 is 24.0 Å². The van der Waals surface area contributed by atoms with Gasteiger partial charge >= 0.3 is 0 Å². The average Bonchev–Trinajstić information content (AvgIpc) is 2.83. The van der Waals surface area contributed by atoms with Gasteiger partial charge in [0.25, 0.3) is 0 Å². The second-order valence-corrected chi connectivity index (χ2v) is 6.11. The van der Waals surface area contributed by atoms with Gasteiger partial charge in [0.05, 0.1) is 0 Å². The number of aryl methyl sites for hydroxylation is 1. The van der Waals surface area contributed by atoms with Gasteiger partial charge in [0.15, 0.2) is 5.82 Å². The smallest absolute Gasteiger partial charge is 0.228 e. The van der Waals surface area contributed by atoms with Crippen LogP contribution in [0.2, 0.25) is 0 Å². The van der Waals surface area contributed by atoms with Crippen LogP contribution in [0.15, 0.2) is 24.3 Å². The van der Waals surface area contributed by atoms with Gasteiger partial charge in [-0.3, -0.25) is 4.79 Å². The summed E-state index contributed by atoms with van der Waals surface area (Å²) >= 11 is 0. The molecule has 1 aliphatic rings. The number of amides is 1. The number of aromatic nitrogens is 3. The second kappa shape index (κ2) is 8.26. The number of carbonyl (C=O) groups is 1. The number of nitrogens with zero attached hydrogens (tertiary/aromatic N) is 3. The first-order valence-corrected chi connectivity index (χ1v) is 8.22. The third-order valence-corrected chi connectivity index (χ3v) is 4.32. The molecule has 0 saturated carbocycles. The van der Waals surface area contributed by atoms with E-state index in [1.807, 2.05) is 31.2 Å². The molecule has 0 saturated heterocycles. The van der Waals surface area contributed by atoms with Crippen LogP contribution in [0.5, 0.6) is 0 Å². The second-order valence-electron chi connectivity index (χ2n) is 6.11. The number of halogens is 1. The highest BCUT2D eigenvalue weighted by molar-refractivity contribution is 5.92. The number of hydrogen-bond acceptors (Lipinski definition) is 4. The highest BCUT2D eigenvalue weighted by Crippen LogP contribution is 2.24. The van der Waals surface area contributed by atoms with Gasteiger partial charge < -0.3 is 15.6 Å². The van der Waals surface area contributed by atoms with Gasteiger partial charge in [-0.2, -0.15) is 0 Å². The summed E-state index contributed by atoms with van der Waals surface area (Å²) in [6, 6.07) is 7.75. The van der Waals surface area contributed by atoms with Gasteiger partial charge in [0.2, 0.25) is 5.91 Å². The van der Waals surface area contributed by atoms with Crippen molar-refractivity contribution in [1.29, 1.82) is 0 Å². The Labute approximate surface area is 148 Å². The molecule has 0 bridgehead atoms. The minimum absolute atomic E-state index is 0. The Balaban J connectivity index is 0.00000208. The van der Waals surface area contributed by atoms with Crippen LogP contribution in [-0.4, -0.2) is 27.2 Å². The monoisotopic (exact) mass is 349 g/mol. The van der Waals surface area contributed by atoms with Crippen LogP contribution in [0, 0.1) is 5.92 Å². The Kier molecular flexibility index (Phi) is 6.34. The molecule has 0 spiro atoms. The summed E-state index contributed by atoms with van der Waals surface area (Å²) in [6.07, 6.45) is 4.59. The zero-order valence-corrected chi connectivity index (χ0v) is 14.7. The number of benzene rings is 1. The first kappa shape index (κ1) is 18.4. The highest BCUT2D eigenvalue weighted by Gasteiger charge is 2.16. The lowest BCUT2D eigenvalue weighted by Gasteiger charge is -2.11. The lowest BCUT2D eigenvalue weighted by molar-refractivity contribution is -0.119. The largest absolute Gasteiger partial charge is 0.330 e.